The molecule has 0 aliphatic heterocycles. The summed E-state index contributed by atoms with van der Waals surface area (Å²) < 4.78 is 60.8. The summed E-state index contributed by atoms with van der Waals surface area (Å²) in [5.41, 5.74) is -0.115. The van der Waals surface area contributed by atoms with Gasteiger partial charge < -0.3 is 8.92 Å². The molecule has 0 unspecified atom stereocenters. The lowest BCUT2D eigenvalue weighted by Crippen LogP contribution is -2.17. The topological polar surface area (TPSA) is 135 Å². The third-order valence-electron chi connectivity index (χ3n) is 4.47. The maximum atomic E-state index is 13.4. The molecule has 3 rings (SSSR count). The number of carbonyl (C=O) groups is 1. The third kappa shape index (κ3) is 5.76. The van der Waals surface area contributed by atoms with Gasteiger partial charge in [0.1, 0.15) is 11.3 Å². The van der Waals surface area contributed by atoms with Gasteiger partial charge in [0, 0.05) is 31.1 Å². The molecular formula is C21H23N3O7S2. The summed E-state index contributed by atoms with van der Waals surface area (Å²) >= 11 is 0. The quantitative estimate of drug-likeness (QED) is 0.308. The first-order valence-corrected chi connectivity index (χ1v) is 13.5. The normalized spacial score (nSPS) is 11.8. The van der Waals surface area contributed by atoms with Crippen molar-refractivity contribution in [1.29, 1.82) is 0 Å². The number of hydrogen-bond donors (Lipinski definition) is 0. The van der Waals surface area contributed by atoms with Gasteiger partial charge in [0.15, 0.2) is 9.84 Å². The second-order valence-electron chi connectivity index (χ2n) is 7.05. The summed E-state index contributed by atoms with van der Waals surface area (Å²) in [4.78, 5) is 17.4. The number of nitrogens with zero attached hydrogens (tertiary/aromatic N) is 3. The van der Waals surface area contributed by atoms with Crippen molar-refractivity contribution in [2.24, 2.45) is 0 Å². The Balaban J connectivity index is 2.11. The number of aryl methyl sites for hydroxylation is 1. The predicted molar refractivity (Wildman–Crippen MR) is 120 cm³/mol. The Morgan fingerprint density at radius 2 is 1.82 bits per heavy atom. The fraction of sp³-hybridized carbons (Fsp3) is 0.286. The molecule has 0 fully saturated rings. The zero-order valence-electron chi connectivity index (χ0n) is 18.3. The average molecular weight is 494 g/mol. The Kier molecular flexibility index (Phi) is 7.18. The maximum absolute atomic E-state index is 13.4. The number of rotatable bonds is 10. The molecule has 12 heteroatoms. The van der Waals surface area contributed by atoms with Gasteiger partial charge in [0.2, 0.25) is 17.5 Å². The molecule has 3 aromatic rings. The van der Waals surface area contributed by atoms with Gasteiger partial charge in [-0.15, -0.1) is 0 Å². The summed E-state index contributed by atoms with van der Waals surface area (Å²) in [5, 5.41) is 4.05. The van der Waals surface area contributed by atoms with Gasteiger partial charge in [-0.2, -0.15) is 13.5 Å². The number of aromatic nitrogens is 3. The van der Waals surface area contributed by atoms with E-state index in [1.54, 1.807) is 32.0 Å². The molecule has 2 aromatic heterocycles. The summed E-state index contributed by atoms with van der Waals surface area (Å²) in [5.74, 6) is -1.02. The SMILES string of the molecule is CCCS(=O)(=O)Oc1c(C(=O)c2ccc(S(C)(=O)=O)cc2Oc2ccccn2)cnn1CC. The number of benzene rings is 1. The van der Waals surface area contributed by atoms with Crippen LogP contribution in [0.5, 0.6) is 17.5 Å². The number of ether oxygens (including phenoxy) is 1. The highest BCUT2D eigenvalue weighted by molar-refractivity contribution is 7.90. The molecule has 0 atom stereocenters. The Hall–Kier alpha value is -3.25. The van der Waals surface area contributed by atoms with Crippen molar-refractivity contribution in [3.63, 3.8) is 0 Å². The Labute approximate surface area is 192 Å². The highest BCUT2D eigenvalue weighted by Crippen LogP contribution is 2.32. The summed E-state index contributed by atoms with van der Waals surface area (Å²) in [6.45, 7) is 3.67. The molecule has 0 aliphatic carbocycles. The lowest BCUT2D eigenvalue weighted by Gasteiger charge is -2.13. The van der Waals surface area contributed by atoms with E-state index in [0.29, 0.717) is 6.42 Å². The van der Waals surface area contributed by atoms with E-state index < -0.39 is 25.7 Å². The van der Waals surface area contributed by atoms with Crippen LogP contribution in [0.3, 0.4) is 0 Å². The van der Waals surface area contributed by atoms with Crippen molar-refractivity contribution in [3.8, 4) is 17.5 Å². The van der Waals surface area contributed by atoms with Crippen molar-refractivity contribution >= 4 is 25.7 Å². The highest BCUT2D eigenvalue weighted by atomic mass is 32.2. The summed E-state index contributed by atoms with van der Waals surface area (Å²) in [7, 11) is -7.54. The molecule has 0 saturated carbocycles. The maximum Gasteiger partial charge on any atom is 0.310 e. The minimum absolute atomic E-state index is 0.0126. The molecule has 0 aliphatic rings. The van der Waals surface area contributed by atoms with Crippen LogP contribution < -0.4 is 8.92 Å². The van der Waals surface area contributed by atoms with Crippen molar-refractivity contribution in [3.05, 3.63) is 59.9 Å². The van der Waals surface area contributed by atoms with Crippen molar-refractivity contribution in [2.45, 2.75) is 31.7 Å². The standard InChI is InChI=1S/C21H23N3O7S2/c1-4-12-33(28,29)31-21-17(14-23-24(21)5-2)20(25)16-10-9-15(32(3,26)27)13-18(16)30-19-8-6-7-11-22-19/h6-11,13-14H,4-5,12H2,1-3H3. The molecule has 0 saturated heterocycles. The zero-order valence-corrected chi connectivity index (χ0v) is 19.9. The van der Waals surface area contributed by atoms with Crippen LogP contribution in [0.1, 0.15) is 36.2 Å². The zero-order chi connectivity index (χ0) is 24.2. The van der Waals surface area contributed by atoms with Crippen LogP contribution >= 0.6 is 0 Å². The van der Waals surface area contributed by atoms with E-state index in [1.807, 2.05) is 0 Å². The van der Waals surface area contributed by atoms with Crippen LogP contribution in [0.25, 0.3) is 0 Å². The molecule has 0 radical (unpaired) electrons. The third-order valence-corrected chi connectivity index (χ3v) is 6.90. The largest absolute Gasteiger partial charge is 0.438 e. The van der Waals surface area contributed by atoms with E-state index in [9.17, 15) is 21.6 Å². The second kappa shape index (κ2) is 9.71. The predicted octanol–water partition coefficient (Wildman–Crippen LogP) is 2.84. The van der Waals surface area contributed by atoms with Crippen LogP contribution in [0, 0.1) is 0 Å². The monoisotopic (exact) mass is 493 g/mol. The van der Waals surface area contributed by atoms with Crippen molar-refractivity contribution in [2.75, 3.05) is 12.0 Å². The van der Waals surface area contributed by atoms with E-state index in [4.69, 9.17) is 8.92 Å². The summed E-state index contributed by atoms with van der Waals surface area (Å²) in [6.07, 6.45) is 4.05. The first-order chi connectivity index (χ1) is 15.6. The molecule has 0 N–H and O–H groups in total. The Morgan fingerprint density at radius 1 is 1.06 bits per heavy atom. The van der Waals surface area contributed by atoms with Crippen LogP contribution in [0.4, 0.5) is 0 Å². The highest BCUT2D eigenvalue weighted by Gasteiger charge is 2.27. The van der Waals surface area contributed by atoms with E-state index in [1.165, 1.54) is 35.3 Å². The molecule has 2 heterocycles. The number of pyridine rings is 1. The minimum Gasteiger partial charge on any atom is -0.438 e. The van der Waals surface area contributed by atoms with Gasteiger partial charge in [-0.3, -0.25) is 4.79 Å². The smallest absolute Gasteiger partial charge is 0.310 e. The van der Waals surface area contributed by atoms with E-state index in [-0.39, 0.29) is 45.8 Å². The van der Waals surface area contributed by atoms with Crippen LogP contribution in [0.15, 0.2) is 53.7 Å². The fourth-order valence-corrected chi connectivity index (χ4v) is 4.56. The fourth-order valence-electron chi connectivity index (χ4n) is 2.93. The number of ketones is 1. The first-order valence-electron chi connectivity index (χ1n) is 10.0. The molecule has 0 bridgehead atoms. The van der Waals surface area contributed by atoms with Crippen LogP contribution in [0.2, 0.25) is 0 Å². The molecule has 10 nitrogen and oxygen atoms in total. The first kappa shape index (κ1) is 24.4. The van der Waals surface area contributed by atoms with Gasteiger partial charge in [0.05, 0.1) is 22.4 Å². The molecule has 0 amide bonds. The van der Waals surface area contributed by atoms with E-state index in [2.05, 4.69) is 10.1 Å². The van der Waals surface area contributed by atoms with E-state index in [0.717, 1.165) is 6.26 Å². The number of hydrogen-bond acceptors (Lipinski definition) is 9. The van der Waals surface area contributed by atoms with Gasteiger partial charge >= 0.3 is 10.1 Å². The summed E-state index contributed by atoms with van der Waals surface area (Å²) in [6, 6.07) is 8.67. The minimum atomic E-state index is -3.94. The van der Waals surface area contributed by atoms with Crippen LogP contribution in [-0.2, 0) is 26.5 Å². The van der Waals surface area contributed by atoms with Crippen LogP contribution in [-0.4, -0.2) is 49.4 Å². The second-order valence-corrected chi connectivity index (χ2v) is 10.8. The van der Waals surface area contributed by atoms with Gasteiger partial charge in [-0.25, -0.2) is 18.1 Å². The molecule has 33 heavy (non-hydrogen) atoms. The van der Waals surface area contributed by atoms with Gasteiger partial charge in [-0.1, -0.05) is 13.0 Å². The lowest BCUT2D eigenvalue weighted by molar-refractivity contribution is 0.103. The average Bonchev–Trinajstić information content (AvgIpc) is 3.15. The van der Waals surface area contributed by atoms with Gasteiger partial charge in [-0.05, 0) is 31.5 Å². The van der Waals surface area contributed by atoms with Gasteiger partial charge in [0.25, 0.3) is 0 Å². The van der Waals surface area contributed by atoms with E-state index >= 15 is 0 Å². The Bertz CT molecular complexity index is 1370. The molecule has 1 aromatic carbocycles. The lowest BCUT2D eigenvalue weighted by atomic mass is 10.0. The van der Waals surface area contributed by atoms with Crippen molar-refractivity contribution in [1.82, 2.24) is 14.8 Å². The number of carbonyl (C=O) groups excluding carboxylic acids is 1. The molecular weight excluding hydrogens is 470 g/mol. The molecule has 0 spiro atoms. The molecule has 176 valence electrons. The Morgan fingerprint density at radius 3 is 2.42 bits per heavy atom. The van der Waals surface area contributed by atoms with Crippen molar-refractivity contribution < 1.29 is 30.6 Å². The number of sulfone groups is 1.